The summed E-state index contributed by atoms with van der Waals surface area (Å²) >= 11 is 0. The Balaban J connectivity index is 1.32. The van der Waals surface area contributed by atoms with Crippen molar-refractivity contribution in [3.8, 4) is 5.75 Å². The maximum Gasteiger partial charge on any atom is 0.279 e. The summed E-state index contributed by atoms with van der Waals surface area (Å²) in [6, 6.07) is 17.1. The molecular formula is C24H32N3O2+. The highest BCUT2D eigenvalue weighted by molar-refractivity contribution is 5.91. The molecule has 0 aromatic heterocycles. The molecule has 1 saturated heterocycles. The number of nitrogens with one attached hydrogen (secondary N) is 2. The number of anilines is 2. The molecule has 5 nitrogen and oxygen atoms in total. The zero-order valence-corrected chi connectivity index (χ0v) is 17.3. The molecule has 1 aliphatic carbocycles. The van der Waals surface area contributed by atoms with Crippen molar-refractivity contribution in [1.29, 1.82) is 0 Å². The lowest BCUT2D eigenvalue weighted by Gasteiger charge is -2.28. The van der Waals surface area contributed by atoms with Crippen molar-refractivity contribution >= 4 is 17.3 Å². The topological polar surface area (TPSA) is 46.0 Å². The zero-order chi connectivity index (χ0) is 20.1. The Kier molecular flexibility index (Phi) is 6.35. The molecule has 0 spiro atoms. The average molecular weight is 395 g/mol. The van der Waals surface area contributed by atoms with E-state index in [1.54, 1.807) is 7.11 Å². The van der Waals surface area contributed by atoms with Crippen molar-refractivity contribution < 1.29 is 14.4 Å². The van der Waals surface area contributed by atoms with Gasteiger partial charge in [-0.05, 0) is 67.8 Å². The van der Waals surface area contributed by atoms with E-state index in [0.717, 1.165) is 31.1 Å². The van der Waals surface area contributed by atoms with Crippen LogP contribution in [0.5, 0.6) is 5.75 Å². The third kappa shape index (κ3) is 5.51. The van der Waals surface area contributed by atoms with Crippen molar-refractivity contribution in [1.82, 2.24) is 0 Å². The number of methoxy groups -OCH3 is 1. The monoisotopic (exact) mass is 394 g/mol. The van der Waals surface area contributed by atoms with Crippen LogP contribution >= 0.6 is 0 Å². The predicted octanol–water partition coefficient (Wildman–Crippen LogP) is 2.87. The van der Waals surface area contributed by atoms with Crippen molar-refractivity contribution in [3.63, 3.8) is 0 Å². The van der Waals surface area contributed by atoms with Crippen LogP contribution in [0.2, 0.25) is 0 Å². The second-order valence-corrected chi connectivity index (χ2v) is 8.28. The number of ether oxygens (including phenoxy) is 1. The molecule has 1 saturated carbocycles. The Hall–Kier alpha value is -2.53. The molecule has 2 aliphatic rings. The third-order valence-corrected chi connectivity index (χ3v) is 6.00. The summed E-state index contributed by atoms with van der Waals surface area (Å²) in [7, 11) is 1.68. The zero-order valence-electron chi connectivity index (χ0n) is 17.3. The first-order valence-electron chi connectivity index (χ1n) is 10.8. The predicted molar refractivity (Wildman–Crippen MR) is 117 cm³/mol. The summed E-state index contributed by atoms with van der Waals surface area (Å²) in [6.07, 6.45) is 6.30. The highest BCUT2D eigenvalue weighted by Gasteiger charge is 2.34. The molecular weight excluding hydrogens is 362 g/mol. The molecule has 29 heavy (non-hydrogen) atoms. The third-order valence-electron chi connectivity index (χ3n) is 6.00. The van der Waals surface area contributed by atoms with E-state index in [-0.39, 0.29) is 5.91 Å². The van der Waals surface area contributed by atoms with Crippen LogP contribution in [-0.4, -0.2) is 38.7 Å². The van der Waals surface area contributed by atoms with Gasteiger partial charge >= 0.3 is 0 Å². The van der Waals surface area contributed by atoms with E-state index in [0.29, 0.717) is 12.6 Å². The fourth-order valence-corrected chi connectivity index (χ4v) is 4.17. The Morgan fingerprint density at radius 2 is 1.72 bits per heavy atom. The van der Waals surface area contributed by atoms with Crippen molar-refractivity contribution in [2.45, 2.75) is 44.7 Å². The second kappa shape index (κ2) is 9.31. The van der Waals surface area contributed by atoms with E-state index in [1.807, 2.05) is 24.3 Å². The SMILES string of the molecule is COc1ccc(C[NH+](CC(=O)Nc2ccc(N3CCCCC3)cc2)C2CC2)cc1. The molecule has 1 amide bonds. The molecule has 0 radical (unpaired) electrons. The van der Waals surface area contributed by atoms with Crippen LogP contribution < -0.4 is 19.9 Å². The lowest BCUT2D eigenvalue weighted by molar-refractivity contribution is -0.916. The highest BCUT2D eigenvalue weighted by atomic mass is 16.5. The number of hydrogen-bond donors (Lipinski definition) is 2. The minimum absolute atomic E-state index is 0.0890. The molecule has 1 unspecified atom stereocenters. The molecule has 2 aromatic carbocycles. The van der Waals surface area contributed by atoms with E-state index in [4.69, 9.17) is 4.74 Å². The van der Waals surface area contributed by atoms with Gasteiger partial charge < -0.3 is 19.9 Å². The van der Waals surface area contributed by atoms with Crippen molar-refractivity contribution in [3.05, 3.63) is 54.1 Å². The molecule has 2 fully saturated rings. The summed E-state index contributed by atoms with van der Waals surface area (Å²) in [4.78, 5) is 16.4. The van der Waals surface area contributed by atoms with Gasteiger partial charge in [0.2, 0.25) is 0 Å². The number of carbonyl (C=O) groups is 1. The number of amides is 1. The quantitative estimate of drug-likeness (QED) is 0.724. The lowest BCUT2D eigenvalue weighted by atomic mass is 10.1. The average Bonchev–Trinajstić information content (AvgIpc) is 3.60. The van der Waals surface area contributed by atoms with E-state index in [9.17, 15) is 4.79 Å². The fraction of sp³-hybridized carbons (Fsp3) is 0.458. The van der Waals surface area contributed by atoms with Gasteiger partial charge in [0.15, 0.2) is 6.54 Å². The maximum atomic E-state index is 12.7. The van der Waals surface area contributed by atoms with Crippen LogP contribution in [0.1, 0.15) is 37.7 Å². The smallest absolute Gasteiger partial charge is 0.279 e. The number of hydrogen-bond acceptors (Lipinski definition) is 3. The Morgan fingerprint density at radius 1 is 1.03 bits per heavy atom. The molecule has 4 rings (SSSR count). The summed E-state index contributed by atoms with van der Waals surface area (Å²) in [6.45, 7) is 3.65. The highest BCUT2D eigenvalue weighted by Crippen LogP contribution is 2.22. The van der Waals surface area contributed by atoms with Gasteiger partial charge in [0.05, 0.1) is 13.2 Å². The molecule has 0 bridgehead atoms. The Bertz CT molecular complexity index is 794. The van der Waals surface area contributed by atoms with Gasteiger partial charge in [-0.15, -0.1) is 0 Å². The van der Waals surface area contributed by atoms with Crippen LogP contribution in [0.15, 0.2) is 48.5 Å². The minimum atomic E-state index is 0.0890. The standard InChI is InChI=1S/C24H31N3O2/c1-29-23-13-5-19(6-14-23)17-27(22-11-12-22)18-24(28)25-20-7-9-21(10-8-20)26-15-3-2-4-16-26/h5-10,13-14,22H,2-4,11-12,15-18H2,1H3,(H,25,28)/p+1. The van der Waals surface area contributed by atoms with Crippen LogP contribution in [0, 0.1) is 0 Å². The van der Waals surface area contributed by atoms with Gasteiger partial charge in [-0.3, -0.25) is 4.79 Å². The lowest BCUT2D eigenvalue weighted by Crippen LogP contribution is -3.13. The number of rotatable bonds is 8. The number of benzene rings is 2. The Morgan fingerprint density at radius 3 is 2.34 bits per heavy atom. The summed E-state index contributed by atoms with van der Waals surface area (Å²) in [5.41, 5.74) is 3.38. The van der Waals surface area contributed by atoms with Crippen LogP contribution in [0.3, 0.4) is 0 Å². The largest absolute Gasteiger partial charge is 0.497 e. The first-order valence-corrected chi connectivity index (χ1v) is 10.8. The molecule has 2 N–H and O–H groups in total. The van der Waals surface area contributed by atoms with Crippen LogP contribution in [0.25, 0.3) is 0 Å². The molecule has 154 valence electrons. The minimum Gasteiger partial charge on any atom is -0.497 e. The van der Waals surface area contributed by atoms with Gasteiger partial charge in [0, 0.05) is 42.9 Å². The van der Waals surface area contributed by atoms with Crippen molar-refractivity contribution in [2.75, 3.05) is 37.0 Å². The summed E-state index contributed by atoms with van der Waals surface area (Å²) < 4.78 is 5.24. The van der Waals surface area contributed by atoms with E-state index in [2.05, 4.69) is 34.5 Å². The maximum absolute atomic E-state index is 12.7. The second-order valence-electron chi connectivity index (χ2n) is 8.28. The summed E-state index contributed by atoms with van der Waals surface area (Å²) in [5.74, 6) is 0.957. The molecule has 1 heterocycles. The van der Waals surface area contributed by atoms with Gasteiger partial charge in [-0.25, -0.2) is 0 Å². The van der Waals surface area contributed by atoms with Gasteiger partial charge in [-0.2, -0.15) is 0 Å². The number of piperidine rings is 1. The molecule has 2 aromatic rings. The first kappa shape index (κ1) is 19.8. The number of quaternary nitrogens is 1. The normalized spacial score (nSPS) is 17.6. The van der Waals surface area contributed by atoms with Crippen molar-refractivity contribution in [2.24, 2.45) is 0 Å². The summed E-state index contributed by atoms with van der Waals surface area (Å²) in [5, 5.41) is 3.09. The van der Waals surface area contributed by atoms with Crippen LogP contribution in [0.4, 0.5) is 11.4 Å². The fourth-order valence-electron chi connectivity index (χ4n) is 4.17. The first-order chi connectivity index (χ1) is 14.2. The van der Waals surface area contributed by atoms with E-state index < -0.39 is 0 Å². The molecule has 1 aliphatic heterocycles. The number of carbonyl (C=O) groups excluding carboxylic acids is 1. The van der Waals surface area contributed by atoms with Gasteiger partial charge in [0.1, 0.15) is 12.3 Å². The van der Waals surface area contributed by atoms with Gasteiger partial charge in [0.25, 0.3) is 5.91 Å². The van der Waals surface area contributed by atoms with E-state index in [1.165, 1.54) is 48.3 Å². The number of nitrogens with zero attached hydrogens (tertiary/aromatic N) is 1. The van der Waals surface area contributed by atoms with E-state index >= 15 is 0 Å². The Labute approximate surface area is 173 Å². The molecule has 1 atom stereocenters. The molecule has 5 heteroatoms. The van der Waals surface area contributed by atoms with Crippen LogP contribution in [-0.2, 0) is 11.3 Å². The van der Waals surface area contributed by atoms with Gasteiger partial charge in [-0.1, -0.05) is 0 Å².